The van der Waals surface area contributed by atoms with Gasteiger partial charge < -0.3 is 24.4 Å². The predicted molar refractivity (Wildman–Crippen MR) is 148 cm³/mol. The number of rotatable bonds is 6. The fourth-order valence-electron chi connectivity index (χ4n) is 7.95. The van der Waals surface area contributed by atoms with Crippen molar-refractivity contribution in [3.63, 3.8) is 0 Å². The molecule has 14 heteroatoms. The molecule has 4 rings (SSSR count). The molecule has 1 saturated heterocycles. The minimum absolute atomic E-state index is 0.104. The van der Waals surface area contributed by atoms with Crippen LogP contribution in [0, 0.1) is 37.0 Å². The van der Waals surface area contributed by atoms with Gasteiger partial charge in [0.1, 0.15) is 11.7 Å². The van der Waals surface area contributed by atoms with E-state index in [4.69, 9.17) is 14.2 Å². The summed E-state index contributed by atoms with van der Waals surface area (Å²) >= 11 is 0. The fraction of sp³-hybridized carbons (Fsp3) is 0.621. The van der Waals surface area contributed by atoms with Crippen molar-refractivity contribution < 1.29 is 48.7 Å². The SMILES string of the molecule is C=C[C@@]1(C)CC(=O)[C@]2(O1)[C@@]1(C)[C@@H](OC(=O)c3cc([N+](=O)[O-])cc([N+](=O)[O-])c3)CCC(C)(C)[C@@H]1[C@H](O)[C@H](OC(C)=O)[C@@]2(C)O. The molecule has 2 saturated carbocycles. The average Bonchev–Trinajstić information content (AvgIpc) is 3.19. The normalized spacial score (nSPS) is 38.2. The highest BCUT2D eigenvalue weighted by Gasteiger charge is 2.82. The molecule has 0 unspecified atom stereocenters. The number of carbonyl (C=O) groups excluding carboxylic acids is 3. The lowest BCUT2D eigenvalue weighted by molar-refractivity contribution is -0.394. The fourth-order valence-corrected chi connectivity index (χ4v) is 7.95. The van der Waals surface area contributed by atoms with Gasteiger partial charge in [-0.15, -0.1) is 6.58 Å². The Morgan fingerprint density at radius 3 is 2.09 bits per heavy atom. The van der Waals surface area contributed by atoms with Crippen LogP contribution < -0.4 is 0 Å². The van der Waals surface area contributed by atoms with Crippen molar-refractivity contribution in [1.29, 1.82) is 0 Å². The summed E-state index contributed by atoms with van der Waals surface area (Å²) in [5.41, 5.74) is -10.2. The van der Waals surface area contributed by atoms with E-state index in [0.717, 1.165) is 19.1 Å². The maximum atomic E-state index is 14.2. The lowest BCUT2D eigenvalue weighted by Crippen LogP contribution is -2.83. The molecule has 8 atom stereocenters. The van der Waals surface area contributed by atoms with Crippen LogP contribution in [-0.2, 0) is 23.8 Å². The van der Waals surface area contributed by atoms with Gasteiger partial charge in [0.2, 0.25) is 0 Å². The minimum Gasteiger partial charge on any atom is -0.458 e. The highest BCUT2D eigenvalue weighted by atomic mass is 16.6. The average molecular weight is 605 g/mol. The first kappa shape index (κ1) is 32.2. The molecule has 3 aliphatic rings. The Morgan fingerprint density at radius 2 is 1.63 bits per heavy atom. The molecule has 1 heterocycles. The van der Waals surface area contributed by atoms with E-state index < -0.39 is 96.4 Å². The molecule has 14 nitrogen and oxygen atoms in total. The van der Waals surface area contributed by atoms with Crippen molar-refractivity contribution in [1.82, 2.24) is 0 Å². The van der Waals surface area contributed by atoms with Crippen molar-refractivity contribution in [2.45, 2.75) is 95.9 Å². The van der Waals surface area contributed by atoms with Crippen molar-refractivity contribution in [3.05, 3.63) is 56.6 Å². The number of nitro benzene ring substituents is 2. The van der Waals surface area contributed by atoms with Crippen LogP contribution in [0.4, 0.5) is 11.4 Å². The van der Waals surface area contributed by atoms with Crippen LogP contribution in [0.15, 0.2) is 30.9 Å². The molecular weight excluding hydrogens is 568 g/mol. The van der Waals surface area contributed by atoms with E-state index in [9.17, 15) is 44.8 Å². The Morgan fingerprint density at radius 1 is 1.07 bits per heavy atom. The van der Waals surface area contributed by atoms with E-state index in [1.54, 1.807) is 13.8 Å². The Hall–Kier alpha value is -3.75. The first-order chi connectivity index (χ1) is 19.7. The molecular formula is C29H36N2O12. The van der Waals surface area contributed by atoms with Gasteiger partial charge >= 0.3 is 11.9 Å². The zero-order chi connectivity index (χ0) is 32.5. The zero-order valence-electron chi connectivity index (χ0n) is 24.8. The van der Waals surface area contributed by atoms with Gasteiger partial charge in [0.25, 0.3) is 11.4 Å². The Kier molecular flexibility index (Phi) is 7.61. The number of carbonyl (C=O) groups is 3. The lowest BCUT2D eigenvalue weighted by atomic mass is 9.40. The van der Waals surface area contributed by atoms with Crippen molar-refractivity contribution in [2.75, 3.05) is 0 Å². The van der Waals surface area contributed by atoms with Gasteiger partial charge in [-0.05, 0) is 32.1 Å². The highest BCUT2D eigenvalue weighted by Crippen LogP contribution is 2.68. The highest BCUT2D eigenvalue weighted by molar-refractivity contribution is 5.94. The van der Waals surface area contributed by atoms with Gasteiger partial charge in [0.15, 0.2) is 17.5 Å². The van der Waals surface area contributed by atoms with Crippen LogP contribution in [0.25, 0.3) is 0 Å². The molecule has 3 fully saturated rings. The molecule has 0 radical (unpaired) electrons. The summed E-state index contributed by atoms with van der Waals surface area (Å²) in [7, 11) is 0. The van der Waals surface area contributed by atoms with E-state index in [-0.39, 0.29) is 12.8 Å². The van der Waals surface area contributed by atoms with E-state index in [0.29, 0.717) is 12.5 Å². The second-order valence-electron chi connectivity index (χ2n) is 13.0. The molecule has 2 aliphatic carbocycles. The molecule has 1 spiro atoms. The number of Topliss-reactive ketones (excluding diaryl/α,β-unsaturated/α-hetero) is 1. The van der Waals surface area contributed by atoms with Gasteiger partial charge in [-0.2, -0.15) is 0 Å². The number of ether oxygens (including phenoxy) is 3. The second kappa shape index (κ2) is 10.2. The summed E-state index contributed by atoms with van der Waals surface area (Å²) in [5, 5.41) is 46.9. The molecule has 0 aromatic heterocycles. The number of nitro groups is 2. The van der Waals surface area contributed by atoms with E-state index in [1.165, 1.54) is 13.0 Å². The van der Waals surface area contributed by atoms with Crippen molar-refractivity contribution in [2.24, 2.45) is 16.7 Å². The largest absolute Gasteiger partial charge is 0.458 e. The van der Waals surface area contributed by atoms with Crippen LogP contribution in [0.1, 0.15) is 71.2 Å². The maximum absolute atomic E-state index is 14.2. The standard InChI is InChI=1S/C29H36N2O12/c1-8-26(5)14-19(33)29(43-26)27(6)20(42-24(35)16-11-17(30(37)38)13-18(12-16)31(39)40)9-10-25(3,4)22(27)21(34)23(28(29,7)36)41-15(2)32/h8,11-13,20-23,34,36H,1,9-10,14H2,2-7H3/t20-,21-,22-,23-,26-,27-,28+,29-/m0/s1. The number of hydrogen-bond acceptors (Lipinski definition) is 12. The zero-order valence-corrected chi connectivity index (χ0v) is 24.8. The van der Waals surface area contributed by atoms with Crippen LogP contribution in [-0.4, -0.2) is 72.9 Å². The molecule has 234 valence electrons. The van der Waals surface area contributed by atoms with Crippen LogP contribution in [0.2, 0.25) is 0 Å². The van der Waals surface area contributed by atoms with Crippen molar-refractivity contribution in [3.8, 4) is 0 Å². The summed E-state index contributed by atoms with van der Waals surface area (Å²) in [4.78, 5) is 61.1. The van der Waals surface area contributed by atoms with Crippen LogP contribution >= 0.6 is 0 Å². The Bertz CT molecular complexity index is 1390. The number of ketones is 1. The van der Waals surface area contributed by atoms with E-state index >= 15 is 0 Å². The molecule has 1 aromatic carbocycles. The number of nitrogens with zero attached hydrogens (tertiary/aromatic N) is 2. The quantitative estimate of drug-likeness (QED) is 0.208. The second-order valence-corrected chi connectivity index (χ2v) is 13.0. The first-order valence-electron chi connectivity index (χ1n) is 13.8. The van der Waals surface area contributed by atoms with Gasteiger partial charge in [0.05, 0.1) is 33.2 Å². The molecule has 0 bridgehead atoms. The molecule has 1 aromatic rings. The van der Waals surface area contributed by atoms with E-state index in [2.05, 4.69) is 6.58 Å². The maximum Gasteiger partial charge on any atom is 0.338 e. The summed E-state index contributed by atoms with van der Waals surface area (Å²) in [5.74, 6) is -3.54. The van der Waals surface area contributed by atoms with Gasteiger partial charge in [-0.25, -0.2) is 4.79 Å². The molecule has 0 amide bonds. The number of fused-ring (bicyclic) bond motifs is 2. The minimum atomic E-state index is -2.36. The summed E-state index contributed by atoms with van der Waals surface area (Å²) < 4.78 is 17.9. The third-order valence-corrected chi connectivity index (χ3v) is 9.71. The Balaban J connectivity index is 1.94. The third kappa shape index (κ3) is 4.62. The molecule has 43 heavy (non-hydrogen) atoms. The Labute approximate surface area is 247 Å². The van der Waals surface area contributed by atoms with Crippen LogP contribution in [0.3, 0.4) is 0 Å². The summed E-state index contributed by atoms with van der Waals surface area (Å²) in [6.07, 6.45) is -2.84. The monoisotopic (exact) mass is 604 g/mol. The smallest absolute Gasteiger partial charge is 0.338 e. The number of esters is 2. The number of aliphatic hydroxyl groups excluding tert-OH is 1. The van der Waals surface area contributed by atoms with Gasteiger partial charge in [-0.3, -0.25) is 29.8 Å². The van der Waals surface area contributed by atoms with Gasteiger partial charge in [-0.1, -0.05) is 26.8 Å². The lowest BCUT2D eigenvalue weighted by Gasteiger charge is -2.68. The predicted octanol–water partition coefficient (Wildman–Crippen LogP) is 3.20. The topological polar surface area (TPSA) is 206 Å². The molecule has 2 N–H and O–H groups in total. The number of hydrogen-bond donors (Lipinski definition) is 2. The first-order valence-corrected chi connectivity index (χ1v) is 13.8. The van der Waals surface area contributed by atoms with Crippen molar-refractivity contribution >= 4 is 29.1 Å². The van der Waals surface area contributed by atoms with Gasteiger partial charge in [0, 0.05) is 36.8 Å². The number of non-ortho nitro benzene ring substituents is 2. The third-order valence-electron chi connectivity index (χ3n) is 9.71. The van der Waals surface area contributed by atoms with Crippen LogP contribution in [0.5, 0.6) is 0 Å². The summed E-state index contributed by atoms with van der Waals surface area (Å²) in [6.45, 7) is 12.9. The number of aliphatic hydroxyl groups is 2. The summed E-state index contributed by atoms with van der Waals surface area (Å²) in [6, 6.07) is 2.38. The molecule has 1 aliphatic heterocycles. The van der Waals surface area contributed by atoms with E-state index in [1.807, 2.05) is 13.8 Å². The number of benzene rings is 1.